The lowest BCUT2D eigenvalue weighted by Crippen LogP contribution is -2.30. The van der Waals surface area contributed by atoms with Gasteiger partial charge >= 0.3 is 0 Å². The maximum absolute atomic E-state index is 12.0. The van der Waals surface area contributed by atoms with Gasteiger partial charge in [0.2, 0.25) is 17.7 Å². The van der Waals surface area contributed by atoms with Gasteiger partial charge in [0.05, 0.1) is 28.8 Å². The van der Waals surface area contributed by atoms with Crippen LogP contribution in [-0.4, -0.2) is 34.6 Å². The number of benzene rings is 1. The van der Waals surface area contributed by atoms with Gasteiger partial charge in [0.15, 0.2) is 0 Å². The first-order chi connectivity index (χ1) is 9.95. The summed E-state index contributed by atoms with van der Waals surface area (Å²) in [5, 5.41) is 11.1. The molecule has 1 N–H and O–H groups in total. The van der Waals surface area contributed by atoms with Gasteiger partial charge in [-0.15, -0.1) is 10.2 Å². The van der Waals surface area contributed by atoms with Crippen molar-refractivity contribution in [1.82, 2.24) is 15.1 Å². The minimum absolute atomic E-state index is 0.142. The zero-order valence-corrected chi connectivity index (χ0v) is 13.1. The number of anilines is 1. The Morgan fingerprint density at radius 1 is 1.33 bits per heavy atom. The molecule has 0 unspecified atom stereocenters. The number of rotatable bonds is 5. The van der Waals surface area contributed by atoms with E-state index < -0.39 is 0 Å². The lowest BCUT2D eigenvalue weighted by atomic mass is 10.3. The van der Waals surface area contributed by atoms with E-state index in [0.717, 1.165) is 0 Å². The number of likely N-dealkylation sites (N-methyl/N-ethyl adjacent to an activating group) is 1. The van der Waals surface area contributed by atoms with Crippen molar-refractivity contribution in [3.63, 3.8) is 0 Å². The molecule has 0 aliphatic heterocycles. The maximum Gasteiger partial charge on any atom is 0.238 e. The molecule has 112 valence electrons. The van der Waals surface area contributed by atoms with Gasteiger partial charge in [-0.3, -0.25) is 9.69 Å². The number of aryl methyl sites for hydroxylation is 1. The molecule has 21 heavy (non-hydrogen) atoms. The number of nitrogens with one attached hydrogen (secondary N) is 1. The van der Waals surface area contributed by atoms with E-state index in [1.807, 2.05) is 0 Å². The summed E-state index contributed by atoms with van der Waals surface area (Å²) in [7, 11) is 1.77. The van der Waals surface area contributed by atoms with Crippen molar-refractivity contribution in [1.29, 1.82) is 0 Å². The quantitative estimate of drug-likeness (QED) is 0.913. The SMILES string of the molecule is Cc1nnc(CN(C)CC(=O)Nc2c(Cl)cccc2Cl)o1. The average molecular weight is 329 g/mol. The third-order valence-electron chi connectivity index (χ3n) is 2.61. The molecule has 1 aromatic carbocycles. The largest absolute Gasteiger partial charge is 0.424 e. The second-order valence-corrected chi connectivity index (χ2v) is 5.35. The van der Waals surface area contributed by atoms with Crippen LogP contribution < -0.4 is 5.32 Å². The fourth-order valence-electron chi connectivity index (χ4n) is 1.73. The molecule has 1 heterocycles. The molecular formula is C13H14Cl2N4O2. The molecule has 0 bridgehead atoms. The summed E-state index contributed by atoms with van der Waals surface area (Å²) >= 11 is 12.0. The van der Waals surface area contributed by atoms with Crippen LogP contribution in [0.4, 0.5) is 5.69 Å². The molecule has 0 saturated carbocycles. The molecule has 1 aromatic heterocycles. The van der Waals surface area contributed by atoms with Crippen LogP contribution in [0.1, 0.15) is 11.8 Å². The number of carbonyl (C=O) groups excluding carboxylic acids is 1. The monoisotopic (exact) mass is 328 g/mol. The van der Waals surface area contributed by atoms with Crippen LogP contribution in [0.5, 0.6) is 0 Å². The van der Waals surface area contributed by atoms with Gasteiger partial charge in [-0.1, -0.05) is 29.3 Å². The highest BCUT2D eigenvalue weighted by Crippen LogP contribution is 2.29. The molecule has 0 saturated heterocycles. The number of carbonyl (C=O) groups is 1. The fourth-order valence-corrected chi connectivity index (χ4v) is 2.22. The van der Waals surface area contributed by atoms with E-state index >= 15 is 0 Å². The van der Waals surface area contributed by atoms with Crippen molar-refractivity contribution >= 4 is 34.8 Å². The van der Waals surface area contributed by atoms with Crippen LogP contribution in [0.25, 0.3) is 0 Å². The van der Waals surface area contributed by atoms with E-state index in [1.54, 1.807) is 37.1 Å². The van der Waals surface area contributed by atoms with Gasteiger partial charge in [-0.05, 0) is 19.2 Å². The molecule has 1 amide bonds. The Morgan fingerprint density at radius 2 is 2.00 bits per heavy atom. The highest BCUT2D eigenvalue weighted by Gasteiger charge is 2.13. The van der Waals surface area contributed by atoms with Crippen molar-refractivity contribution in [2.45, 2.75) is 13.5 Å². The Hall–Kier alpha value is -1.63. The summed E-state index contributed by atoms with van der Waals surface area (Å²) in [6.07, 6.45) is 0. The van der Waals surface area contributed by atoms with E-state index in [4.69, 9.17) is 27.6 Å². The second-order valence-electron chi connectivity index (χ2n) is 4.53. The summed E-state index contributed by atoms with van der Waals surface area (Å²) in [6, 6.07) is 5.03. The number of nitrogens with zero attached hydrogens (tertiary/aromatic N) is 3. The van der Waals surface area contributed by atoms with Crippen molar-refractivity contribution in [2.24, 2.45) is 0 Å². The molecule has 0 spiro atoms. The van der Waals surface area contributed by atoms with Crippen LogP contribution in [0, 0.1) is 6.92 Å². The second kappa shape index (κ2) is 6.89. The average Bonchev–Trinajstić information content (AvgIpc) is 2.79. The van der Waals surface area contributed by atoms with Gasteiger partial charge in [-0.2, -0.15) is 0 Å². The van der Waals surface area contributed by atoms with Crippen LogP contribution in [0.3, 0.4) is 0 Å². The third-order valence-corrected chi connectivity index (χ3v) is 3.24. The minimum Gasteiger partial charge on any atom is -0.424 e. The Labute approximate surface area is 132 Å². The van der Waals surface area contributed by atoms with E-state index in [9.17, 15) is 4.79 Å². The smallest absolute Gasteiger partial charge is 0.238 e. The summed E-state index contributed by atoms with van der Waals surface area (Å²) < 4.78 is 5.25. The Kier molecular flexibility index (Phi) is 5.17. The first-order valence-corrected chi connectivity index (χ1v) is 6.92. The van der Waals surface area contributed by atoms with Crippen LogP contribution >= 0.6 is 23.2 Å². The molecule has 6 nitrogen and oxygen atoms in total. The first-order valence-electron chi connectivity index (χ1n) is 6.17. The minimum atomic E-state index is -0.233. The Balaban J connectivity index is 1.92. The van der Waals surface area contributed by atoms with Crippen molar-refractivity contribution < 1.29 is 9.21 Å². The normalized spacial score (nSPS) is 10.9. The zero-order valence-electron chi connectivity index (χ0n) is 11.6. The maximum atomic E-state index is 12.0. The number of hydrogen-bond acceptors (Lipinski definition) is 5. The van der Waals surface area contributed by atoms with E-state index in [0.29, 0.717) is 34.1 Å². The molecule has 0 aliphatic rings. The Morgan fingerprint density at radius 3 is 2.57 bits per heavy atom. The van der Waals surface area contributed by atoms with Gasteiger partial charge in [0.25, 0.3) is 0 Å². The number of para-hydroxylation sites is 1. The zero-order chi connectivity index (χ0) is 15.4. The van der Waals surface area contributed by atoms with E-state index in [1.165, 1.54) is 0 Å². The molecule has 8 heteroatoms. The van der Waals surface area contributed by atoms with Gasteiger partial charge in [-0.25, -0.2) is 0 Å². The van der Waals surface area contributed by atoms with Gasteiger partial charge in [0.1, 0.15) is 0 Å². The standard InChI is InChI=1S/C13H14Cl2N4O2/c1-8-17-18-12(21-8)7-19(2)6-11(20)16-13-9(14)4-3-5-10(13)15/h3-5H,6-7H2,1-2H3,(H,16,20). The molecule has 2 aromatic rings. The highest BCUT2D eigenvalue weighted by atomic mass is 35.5. The van der Waals surface area contributed by atoms with E-state index in [-0.39, 0.29) is 12.5 Å². The summed E-state index contributed by atoms with van der Waals surface area (Å²) in [5.41, 5.74) is 0.410. The predicted octanol–water partition coefficient (Wildman–Crippen LogP) is 2.76. The third kappa shape index (κ3) is 4.42. The fraction of sp³-hybridized carbons (Fsp3) is 0.308. The first kappa shape index (κ1) is 15.8. The lowest BCUT2D eigenvalue weighted by Gasteiger charge is -2.15. The van der Waals surface area contributed by atoms with Crippen molar-refractivity contribution in [3.05, 3.63) is 40.0 Å². The van der Waals surface area contributed by atoms with Crippen molar-refractivity contribution in [3.8, 4) is 0 Å². The van der Waals surface area contributed by atoms with Crippen molar-refractivity contribution in [2.75, 3.05) is 18.9 Å². The molecule has 2 rings (SSSR count). The van der Waals surface area contributed by atoms with Crippen LogP contribution in [0.2, 0.25) is 10.0 Å². The molecule has 0 radical (unpaired) electrons. The molecule has 0 fully saturated rings. The van der Waals surface area contributed by atoms with E-state index in [2.05, 4.69) is 15.5 Å². The number of amides is 1. The highest BCUT2D eigenvalue weighted by molar-refractivity contribution is 6.39. The molecule has 0 atom stereocenters. The number of hydrogen-bond donors (Lipinski definition) is 1. The van der Waals surface area contributed by atoms with Gasteiger partial charge in [0, 0.05) is 6.92 Å². The summed E-state index contributed by atoms with van der Waals surface area (Å²) in [6.45, 7) is 2.23. The van der Waals surface area contributed by atoms with Crippen LogP contribution in [0.15, 0.2) is 22.6 Å². The molecular weight excluding hydrogens is 315 g/mol. The summed E-state index contributed by atoms with van der Waals surface area (Å²) in [5.74, 6) is 0.716. The predicted molar refractivity (Wildman–Crippen MR) is 80.5 cm³/mol. The molecule has 0 aliphatic carbocycles. The number of halogens is 2. The van der Waals surface area contributed by atoms with Gasteiger partial charge < -0.3 is 9.73 Å². The Bertz CT molecular complexity index is 625. The number of aromatic nitrogens is 2. The summed E-state index contributed by atoms with van der Waals surface area (Å²) in [4.78, 5) is 13.7. The van der Waals surface area contributed by atoms with Crippen LogP contribution in [-0.2, 0) is 11.3 Å². The topological polar surface area (TPSA) is 71.3 Å². The lowest BCUT2D eigenvalue weighted by molar-refractivity contribution is -0.117.